The minimum absolute atomic E-state index is 0.275. The molecule has 1 saturated heterocycles. The minimum Gasteiger partial charge on any atom is -0.486 e. The molecule has 2 fully saturated rings. The second kappa shape index (κ2) is 6.85. The van der Waals surface area contributed by atoms with Crippen LogP contribution in [0.1, 0.15) is 18.4 Å². The van der Waals surface area contributed by atoms with Gasteiger partial charge in [0.1, 0.15) is 13.2 Å². The number of ether oxygens (including phenoxy) is 3. The van der Waals surface area contributed by atoms with Crippen LogP contribution in [0.15, 0.2) is 12.1 Å². The van der Waals surface area contributed by atoms with Crippen LogP contribution in [-0.4, -0.2) is 56.5 Å². The molecular formula is C17H23ClN2O3. The van der Waals surface area contributed by atoms with Crippen LogP contribution in [0.5, 0.6) is 11.5 Å². The Morgan fingerprint density at radius 3 is 2.91 bits per heavy atom. The predicted octanol–water partition coefficient (Wildman–Crippen LogP) is 2.06. The average molecular weight is 339 g/mol. The zero-order valence-electron chi connectivity index (χ0n) is 13.2. The molecule has 0 spiro atoms. The maximum Gasteiger partial charge on any atom is 0.179 e. The first kappa shape index (κ1) is 15.5. The van der Waals surface area contributed by atoms with Gasteiger partial charge in [-0.2, -0.15) is 0 Å². The molecule has 1 aliphatic carbocycles. The number of nitrogens with zero attached hydrogens (tertiary/aromatic N) is 1. The van der Waals surface area contributed by atoms with E-state index in [2.05, 4.69) is 10.2 Å². The van der Waals surface area contributed by atoms with Gasteiger partial charge in [0, 0.05) is 32.2 Å². The van der Waals surface area contributed by atoms with Gasteiger partial charge in [0.15, 0.2) is 11.5 Å². The lowest BCUT2D eigenvalue weighted by Crippen LogP contribution is -2.47. The number of nitrogens with one attached hydrogen (secondary N) is 1. The first-order chi connectivity index (χ1) is 11.3. The SMILES string of the molecule is Clc1cc(CNCC2CN(C3CC3)CCO2)cc2c1OCCO2. The van der Waals surface area contributed by atoms with Gasteiger partial charge in [-0.25, -0.2) is 0 Å². The Morgan fingerprint density at radius 2 is 2.04 bits per heavy atom. The smallest absolute Gasteiger partial charge is 0.179 e. The summed E-state index contributed by atoms with van der Waals surface area (Å²) in [6.45, 7) is 5.71. The molecule has 1 N–H and O–H groups in total. The Morgan fingerprint density at radius 1 is 1.17 bits per heavy atom. The fraction of sp³-hybridized carbons (Fsp3) is 0.647. The molecule has 2 aliphatic heterocycles. The first-order valence-corrected chi connectivity index (χ1v) is 8.82. The summed E-state index contributed by atoms with van der Waals surface area (Å²) in [6.07, 6.45) is 2.99. The van der Waals surface area contributed by atoms with Gasteiger partial charge in [0.2, 0.25) is 0 Å². The van der Waals surface area contributed by atoms with Crippen molar-refractivity contribution < 1.29 is 14.2 Å². The van der Waals surface area contributed by atoms with E-state index in [1.54, 1.807) is 0 Å². The Labute approximate surface area is 141 Å². The van der Waals surface area contributed by atoms with Crippen LogP contribution >= 0.6 is 11.6 Å². The molecule has 6 heteroatoms. The van der Waals surface area contributed by atoms with Crippen molar-refractivity contribution in [2.24, 2.45) is 0 Å². The summed E-state index contributed by atoms with van der Waals surface area (Å²) in [4.78, 5) is 2.57. The molecule has 0 radical (unpaired) electrons. The van der Waals surface area contributed by atoms with Crippen LogP contribution in [0, 0.1) is 0 Å². The number of fused-ring (bicyclic) bond motifs is 1. The topological polar surface area (TPSA) is 43.0 Å². The second-order valence-electron chi connectivity index (χ2n) is 6.45. The van der Waals surface area contributed by atoms with Crippen molar-refractivity contribution in [1.82, 2.24) is 10.2 Å². The number of hydrogen-bond acceptors (Lipinski definition) is 5. The summed E-state index contributed by atoms with van der Waals surface area (Å²) in [5, 5.41) is 4.10. The predicted molar refractivity (Wildman–Crippen MR) is 88.5 cm³/mol. The van der Waals surface area contributed by atoms with Crippen LogP contribution in [0.25, 0.3) is 0 Å². The maximum absolute atomic E-state index is 6.27. The van der Waals surface area contributed by atoms with Crippen LogP contribution in [0.3, 0.4) is 0 Å². The third kappa shape index (κ3) is 3.74. The summed E-state index contributed by atoms with van der Waals surface area (Å²) in [5.74, 6) is 1.41. The van der Waals surface area contributed by atoms with Crippen LogP contribution in [0.4, 0.5) is 0 Å². The van der Waals surface area contributed by atoms with E-state index >= 15 is 0 Å². The Bertz CT molecular complexity index is 565. The minimum atomic E-state index is 0.275. The summed E-state index contributed by atoms with van der Waals surface area (Å²) < 4.78 is 17.0. The fourth-order valence-electron chi connectivity index (χ4n) is 3.28. The molecule has 126 valence electrons. The summed E-state index contributed by atoms with van der Waals surface area (Å²) in [7, 11) is 0. The van der Waals surface area contributed by atoms with Crippen LogP contribution in [0.2, 0.25) is 5.02 Å². The van der Waals surface area contributed by atoms with E-state index in [9.17, 15) is 0 Å². The van der Waals surface area contributed by atoms with Crippen molar-refractivity contribution in [2.45, 2.75) is 31.5 Å². The lowest BCUT2D eigenvalue weighted by molar-refractivity contribution is -0.0301. The number of benzene rings is 1. The fourth-order valence-corrected chi connectivity index (χ4v) is 3.57. The Balaban J connectivity index is 1.30. The summed E-state index contributed by atoms with van der Waals surface area (Å²) in [5.41, 5.74) is 1.11. The molecule has 3 aliphatic rings. The molecule has 2 heterocycles. The highest BCUT2D eigenvalue weighted by molar-refractivity contribution is 6.32. The first-order valence-electron chi connectivity index (χ1n) is 8.44. The third-order valence-corrected chi connectivity index (χ3v) is 4.87. The number of morpholine rings is 1. The monoisotopic (exact) mass is 338 g/mol. The highest BCUT2D eigenvalue weighted by Crippen LogP contribution is 2.38. The molecule has 1 aromatic carbocycles. The average Bonchev–Trinajstić information content (AvgIpc) is 3.40. The largest absolute Gasteiger partial charge is 0.486 e. The highest BCUT2D eigenvalue weighted by atomic mass is 35.5. The van der Waals surface area contributed by atoms with Gasteiger partial charge in [-0.05, 0) is 30.5 Å². The lowest BCUT2D eigenvalue weighted by atomic mass is 10.2. The van der Waals surface area contributed by atoms with Gasteiger partial charge in [0.25, 0.3) is 0 Å². The third-order valence-electron chi connectivity index (χ3n) is 4.59. The molecule has 1 unspecified atom stereocenters. The van der Waals surface area contributed by atoms with Gasteiger partial charge in [-0.3, -0.25) is 4.90 Å². The number of halogens is 1. The second-order valence-corrected chi connectivity index (χ2v) is 6.86. The van der Waals surface area contributed by atoms with E-state index < -0.39 is 0 Å². The van der Waals surface area contributed by atoms with Crippen LogP contribution in [-0.2, 0) is 11.3 Å². The molecule has 23 heavy (non-hydrogen) atoms. The van der Waals surface area contributed by atoms with Crippen molar-refractivity contribution in [1.29, 1.82) is 0 Å². The maximum atomic E-state index is 6.27. The zero-order chi connectivity index (χ0) is 15.6. The molecule has 1 aromatic rings. The molecule has 1 atom stereocenters. The van der Waals surface area contributed by atoms with Gasteiger partial charge in [-0.1, -0.05) is 11.6 Å². The molecule has 0 aromatic heterocycles. The van der Waals surface area contributed by atoms with E-state index in [0.29, 0.717) is 24.0 Å². The van der Waals surface area contributed by atoms with Gasteiger partial charge < -0.3 is 19.5 Å². The van der Waals surface area contributed by atoms with E-state index in [0.717, 1.165) is 50.1 Å². The molecule has 0 bridgehead atoms. The van der Waals surface area contributed by atoms with Gasteiger partial charge in [0.05, 0.1) is 17.7 Å². The van der Waals surface area contributed by atoms with Crippen molar-refractivity contribution in [3.8, 4) is 11.5 Å². The van der Waals surface area contributed by atoms with Crippen molar-refractivity contribution >= 4 is 11.6 Å². The van der Waals surface area contributed by atoms with Crippen molar-refractivity contribution in [3.05, 3.63) is 22.7 Å². The Hall–Kier alpha value is -1.01. The van der Waals surface area contributed by atoms with Crippen molar-refractivity contribution in [2.75, 3.05) is 39.5 Å². The van der Waals surface area contributed by atoms with E-state index in [1.807, 2.05) is 12.1 Å². The standard InChI is InChI=1S/C17H23ClN2O3/c18-15-7-12(8-16-17(15)23-6-5-22-16)9-19-10-14-11-20(3-4-21-14)13-1-2-13/h7-8,13-14,19H,1-6,9-11H2. The van der Waals surface area contributed by atoms with E-state index in [-0.39, 0.29) is 6.10 Å². The number of hydrogen-bond donors (Lipinski definition) is 1. The lowest BCUT2D eigenvalue weighted by Gasteiger charge is -2.33. The zero-order valence-corrected chi connectivity index (χ0v) is 14.0. The Kier molecular flexibility index (Phi) is 4.62. The van der Waals surface area contributed by atoms with E-state index in [4.69, 9.17) is 25.8 Å². The molecule has 1 saturated carbocycles. The molecular weight excluding hydrogens is 316 g/mol. The van der Waals surface area contributed by atoms with E-state index in [1.165, 1.54) is 12.8 Å². The highest BCUT2D eigenvalue weighted by Gasteiger charge is 2.32. The van der Waals surface area contributed by atoms with Gasteiger partial charge >= 0.3 is 0 Å². The molecule has 5 nitrogen and oxygen atoms in total. The quantitative estimate of drug-likeness (QED) is 0.890. The molecule has 4 rings (SSSR count). The summed E-state index contributed by atoms with van der Waals surface area (Å²) in [6, 6.07) is 4.77. The van der Waals surface area contributed by atoms with Crippen molar-refractivity contribution in [3.63, 3.8) is 0 Å². The van der Waals surface area contributed by atoms with Crippen LogP contribution < -0.4 is 14.8 Å². The normalized spacial score (nSPS) is 24.7. The number of rotatable bonds is 5. The molecule has 0 amide bonds. The summed E-state index contributed by atoms with van der Waals surface area (Å²) >= 11 is 6.27. The van der Waals surface area contributed by atoms with Gasteiger partial charge in [-0.15, -0.1) is 0 Å².